The zero-order chi connectivity index (χ0) is 24.8. The van der Waals surface area contributed by atoms with Crippen LogP contribution in [0.1, 0.15) is 31.1 Å². The molecule has 0 saturated carbocycles. The van der Waals surface area contributed by atoms with Gasteiger partial charge in [0.15, 0.2) is 5.75 Å². The third kappa shape index (κ3) is 4.29. The van der Waals surface area contributed by atoms with Crippen molar-refractivity contribution in [3.63, 3.8) is 0 Å². The first-order chi connectivity index (χ1) is 16.0. The normalized spacial score (nSPS) is 17.9. The Morgan fingerprint density at radius 3 is 2.71 bits per heavy atom. The molecule has 4 rings (SSSR count). The van der Waals surface area contributed by atoms with Crippen molar-refractivity contribution in [1.82, 2.24) is 14.8 Å². The maximum atomic E-state index is 14.7. The zero-order valence-electron chi connectivity index (χ0n) is 19.4. The number of carbonyl (C=O) groups excluding carboxylic acids is 2. The van der Waals surface area contributed by atoms with Crippen molar-refractivity contribution in [1.29, 1.82) is 0 Å². The molecule has 0 unspecified atom stereocenters. The Morgan fingerprint density at radius 2 is 2.03 bits per heavy atom. The molecule has 2 aliphatic heterocycles. The summed E-state index contributed by atoms with van der Waals surface area (Å²) in [5, 5.41) is -0.0511. The summed E-state index contributed by atoms with van der Waals surface area (Å²) in [4.78, 5) is 33.3. The van der Waals surface area contributed by atoms with E-state index >= 15 is 0 Å². The summed E-state index contributed by atoms with van der Waals surface area (Å²) in [7, 11) is 1.40. The number of amides is 2. The number of nitrogen functional groups attached to an aromatic ring is 1. The number of pyridine rings is 1. The highest BCUT2D eigenvalue weighted by Gasteiger charge is 2.40. The van der Waals surface area contributed by atoms with Crippen LogP contribution in [0, 0.1) is 5.82 Å². The van der Waals surface area contributed by atoms with E-state index in [9.17, 15) is 14.0 Å². The fourth-order valence-corrected chi connectivity index (χ4v) is 4.34. The van der Waals surface area contributed by atoms with Crippen LogP contribution in [0.15, 0.2) is 18.2 Å². The van der Waals surface area contributed by atoms with Crippen molar-refractivity contribution >= 4 is 29.4 Å². The van der Waals surface area contributed by atoms with Crippen LogP contribution in [-0.4, -0.2) is 71.8 Å². The van der Waals surface area contributed by atoms with Crippen molar-refractivity contribution in [2.24, 2.45) is 0 Å². The third-order valence-corrected chi connectivity index (χ3v) is 5.93. The number of nitrogens with zero attached hydrogens (tertiary/aromatic N) is 3. The summed E-state index contributed by atoms with van der Waals surface area (Å²) >= 11 is 6.60. The van der Waals surface area contributed by atoms with Crippen molar-refractivity contribution in [3.05, 3.63) is 34.6 Å². The quantitative estimate of drug-likeness (QED) is 0.682. The molecule has 0 bridgehead atoms. The number of fused-ring (bicyclic) bond motifs is 2. The summed E-state index contributed by atoms with van der Waals surface area (Å²) in [6.45, 7) is 6.17. The van der Waals surface area contributed by atoms with Gasteiger partial charge in [-0.05, 0) is 32.9 Å². The van der Waals surface area contributed by atoms with Crippen molar-refractivity contribution < 1.29 is 28.2 Å². The van der Waals surface area contributed by atoms with Crippen molar-refractivity contribution in [3.8, 4) is 22.8 Å². The molecule has 1 aromatic heterocycles. The van der Waals surface area contributed by atoms with Crippen molar-refractivity contribution in [2.45, 2.75) is 32.4 Å². The Balaban J connectivity index is 1.69. The predicted octanol–water partition coefficient (Wildman–Crippen LogP) is 3.59. The number of carbonyl (C=O) groups is 2. The largest absolute Gasteiger partial charge is 0.496 e. The van der Waals surface area contributed by atoms with Crippen LogP contribution < -0.4 is 15.2 Å². The van der Waals surface area contributed by atoms with E-state index in [1.54, 1.807) is 31.7 Å². The molecule has 2 N–H and O–H groups in total. The summed E-state index contributed by atoms with van der Waals surface area (Å²) in [5.41, 5.74) is 5.56. The van der Waals surface area contributed by atoms with Gasteiger partial charge in [0.2, 0.25) is 0 Å². The number of piperazine rings is 1. The second-order valence-electron chi connectivity index (χ2n) is 9.07. The first kappa shape index (κ1) is 23.9. The standard InChI is InChI=1S/C23H26ClFN4O5/c1-23(2,3)34-22(31)28-8-9-29-12(10-28)11-33-19-16(21(29)30)20(26)27-18(17(19)24)15-13(25)6-5-7-14(15)32-4/h5-7,12H,8-11H2,1-4H3,(H2,26,27)/t12-/m1/s1. The van der Waals surface area contributed by atoms with E-state index in [-0.39, 0.29) is 65.4 Å². The maximum Gasteiger partial charge on any atom is 0.410 e. The van der Waals surface area contributed by atoms with Crippen LogP contribution in [0.2, 0.25) is 5.02 Å². The molecule has 182 valence electrons. The molecule has 2 aliphatic rings. The molecule has 2 aromatic rings. The van der Waals surface area contributed by atoms with Gasteiger partial charge in [0.1, 0.15) is 45.9 Å². The van der Waals surface area contributed by atoms with Gasteiger partial charge in [0.25, 0.3) is 5.91 Å². The van der Waals surface area contributed by atoms with E-state index in [0.29, 0.717) is 0 Å². The van der Waals surface area contributed by atoms with E-state index in [1.165, 1.54) is 24.1 Å². The highest BCUT2D eigenvalue weighted by Crippen LogP contribution is 2.44. The minimum absolute atomic E-state index is 0.0101. The highest BCUT2D eigenvalue weighted by atomic mass is 35.5. The number of halogens is 2. The summed E-state index contributed by atoms with van der Waals surface area (Å²) < 4.78 is 31.4. The molecule has 34 heavy (non-hydrogen) atoms. The van der Waals surface area contributed by atoms with Crippen LogP contribution >= 0.6 is 11.6 Å². The van der Waals surface area contributed by atoms with Crippen LogP contribution in [0.4, 0.5) is 15.0 Å². The minimum Gasteiger partial charge on any atom is -0.496 e. The Morgan fingerprint density at radius 1 is 1.29 bits per heavy atom. The van der Waals surface area contributed by atoms with Crippen LogP contribution in [-0.2, 0) is 4.74 Å². The average molecular weight is 493 g/mol. The average Bonchev–Trinajstić information content (AvgIpc) is 2.92. The van der Waals surface area contributed by atoms with Gasteiger partial charge in [-0.1, -0.05) is 17.7 Å². The molecule has 0 radical (unpaired) electrons. The van der Waals surface area contributed by atoms with E-state index in [2.05, 4.69) is 4.98 Å². The second kappa shape index (κ2) is 8.83. The van der Waals surface area contributed by atoms with Gasteiger partial charge in [0.05, 0.1) is 18.7 Å². The molecule has 0 aliphatic carbocycles. The monoisotopic (exact) mass is 492 g/mol. The summed E-state index contributed by atoms with van der Waals surface area (Å²) in [5.74, 6) is -0.935. The molecule has 11 heteroatoms. The molecule has 0 spiro atoms. The van der Waals surface area contributed by atoms with Crippen molar-refractivity contribution in [2.75, 3.05) is 39.1 Å². The van der Waals surface area contributed by atoms with E-state index in [1.807, 2.05) is 0 Å². The molecular formula is C23H26ClFN4O5. The number of nitrogens with two attached hydrogens (primary N) is 1. The van der Waals surface area contributed by atoms with E-state index < -0.39 is 29.5 Å². The lowest BCUT2D eigenvalue weighted by atomic mass is 10.1. The molecule has 1 aromatic carbocycles. The molecule has 9 nitrogen and oxygen atoms in total. The Bertz CT molecular complexity index is 1150. The van der Waals surface area contributed by atoms with E-state index in [0.717, 1.165) is 0 Å². The highest BCUT2D eigenvalue weighted by molar-refractivity contribution is 6.35. The van der Waals surface area contributed by atoms with Gasteiger partial charge in [0, 0.05) is 19.6 Å². The lowest BCUT2D eigenvalue weighted by Gasteiger charge is -2.40. The third-order valence-electron chi connectivity index (χ3n) is 5.58. The van der Waals surface area contributed by atoms with Gasteiger partial charge in [-0.3, -0.25) is 4.79 Å². The van der Waals surface area contributed by atoms with Gasteiger partial charge >= 0.3 is 6.09 Å². The molecule has 3 heterocycles. The molecular weight excluding hydrogens is 467 g/mol. The minimum atomic E-state index is -0.641. The fraction of sp³-hybridized carbons (Fsp3) is 0.435. The Kier molecular flexibility index (Phi) is 6.20. The summed E-state index contributed by atoms with van der Waals surface area (Å²) in [6, 6.07) is 3.85. The zero-order valence-corrected chi connectivity index (χ0v) is 20.1. The first-order valence-electron chi connectivity index (χ1n) is 10.8. The fourth-order valence-electron chi connectivity index (χ4n) is 4.05. The molecule has 1 saturated heterocycles. The number of ether oxygens (including phenoxy) is 3. The van der Waals surface area contributed by atoms with Crippen LogP contribution in [0.25, 0.3) is 11.3 Å². The molecule has 1 fully saturated rings. The molecule has 2 amide bonds. The van der Waals surface area contributed by atoms with Gasteiger partial charge < -0.3 is 29.7 Å². The SMILES string of the molecule is COc1cccc(F)c1-c1nc(N)c2c(c1Cl)OC[C@H]1CN(C(=O)OC(C)(C)C)CCN1C2=O. The van der Waals surface area contributed by atoms with E-state index in [4.69, 9.17) is 31.5 Å². The predicted molar refractivity (Wildman–Crippen MR) is 124 cm³/mol. The van der Waals surface area contributed by atoms with Crippen LogP contribution in [0.5, 0.6) is 11.5 Å². The topological polar surface area (TPSA) is 107 Å². The number of anilines is 1. The Hall–Kier alpha value is -3.27. The number of benzene rings is 1. The second-order valence-corrected chi connectivity index (χ2v) is 9.45. The van der Waals surface area contributed by atoms with Gasteiger partial charge in [-0.25, -0.2) is 14.2 Å². The number of aromatic nitrogens is 1. The van der Waals surface area contributed by atoms with Gasteiger partial charge in [-0.2, -0.15) is 0 Å². The van der Waals surface area contributed by atoms with Gasteiger partial charge in [-0.15, -0.1) is 0 Å². The lowest BCUT2D eigenvalue weighted by Crippen LogP contribution is -2.58. The number of hydrogen-bond donors (Lipinski definition) is 1. The number of methoxy groups -OCH3 is 1. The lowest BCUT2D eigenvalue weighted by molar-refractivity contribution is 0.000959. The number of rotatable bonds is 2. The maximum absolute atomic E-state index is 14.7. The van der Waals surface area contributed by atoms with Crippen LogP contribution in [0.3, 0.4) is 0 Å². The summed E-state index contributed by atoms with van der Waals surface area (Å²) in [6.07, 6.45) is -0.463. The smallest absolute Gasteiger partial charge is 0.410 e. The first-order valence-corrected chi connectivity index (χ1v) is 11.1. The number of hydrogen-bond acceptors (Lipinski definition) is 7. The molecule has 1 atom stereocenters. The Labute approximate surface area is 201 Å².